The molecule has 0 bridgehead atoms. The minimum atomic E-state index is -0.449. The van der Waals surface area contributed by atoms with Gasteiger partial charge in [0.1, 0.15) is 0 Å². The van der Waals surface area contributed by atoms with Crippen LogP contribution in [-0.4, -0.2) is 22.4 Å². The molecule has 0 aliphatic carbocycles. The average molecular weight is 388 g/mol. The number of nitro groups is 1. The first-order valence-corrected chi connectivity index (χ1v) is 6.58. The summed E-state index contributed by atoms with van der Waals surface area (Å²) in [6.45, 7) is 11.6. The van der Waals surface area contributed by atoms with Crippen molar-refractivity contribution >= 4 is 5.69 Å². The van der Waals surface area contributed by atoms with E-state index in [-0.39, 0.29) is 55.0 Å². The predicted molar refractivity (Wildman–Crippen MR) is 81.9 cm³/mol. The molecule has 0 saturated carbocycles. The maximum Gasteiger partial charge on any atom is 0.276 e. The first kappa shape index (κ1) is 23.7. The summed E-state index contributed by atoms with van der Waals surface area (Å²) in [5.41, 5.74) is 0.683. The minimum absolute atomic E-state index is 0. The van der Waals surface area contributed by atoms with Gasteiger partial charge in [0.05, 0.1) is 11.0 Å². The predicted octanol–water partition coefficient (Wildman–Crippen LogP) is 3.65. The van der Waals surface area contributed by atoms with E-state index in [1.807, 2.05) is 41.5 Å². The molecule has 7 heteroatoms. The molecule has 0 atom stereocenters. The van der Waals surface area contributed by atoms with Crippen LogP contribution in [0.1, 0.15) is 52.7 Å². The average Bonchev–Trinajstić information content (AvgIpc) is 2.37. The van der Waals surface area contributed by atoms with Crippen molar-refractivity contribution in [3.63, 3.8) is 0 Å². The Morgan fingerprint density at radius 2 is 1.41 bits per heavy atom. The second-order valence-corrected chi connectivity index (χ2v) is 6.71. The fourth-order valence-electron chi connectivity index (χ4n) is 1.98. The quantitative estimate of drug-likeness (QED) is 0.458. The van der Waals surface area contributed by atoms with E-state index >= 15 is 0 Å². The van der Waals surface area contributed by atoms with E-state index in [0.29, 0.717) is 5.56 Å². The van der Waals surface area contributed by atoms with Crippen LogP contribution in [-0.2, 0) is 43.5 Å². The fraction of sp³-hybridized carbons (Fsp3) is 0.600. The van der Waals surface area contributed by atoms with Gasteiger partial charge in [0.15, 0.2) is 5.75 Å². The topological polar surface area (TPSA) is 92.8 Å². The van der Waals surface area contributed by atoms with Crippen LogP contribution in [0.15, 0.2) is 12.1 Å². The molecule has 0 saturated heterocycles. The van der Waals surface area contributed by atoms with Gasteiger partial charge in [0.25, 0.3) is 5.69 Å². The van der Waals surface area contributed by atoms with Crippen molar-refractivity contribution in [3.8, 4) is 5.75 Å². The largest absolute Gasteiger partial charge is 0.400 e. The summed E-state index contributed by atoms with van der Waals surface area (Å²) in [6.07, 6.45) is 0. The molecule has 22 heavy (non-hydrogen) atoms. The molecular formula is C15H25NO5Y. The molecule has 0 aliphatic rings. The van der Waals surface area contributed by atoms with Gasteiger partial charge in [-0.1, -0.05) is 41.5 Å². The van der Waals surface area contributed by atoms with E-state index in [9.17, 15) is 10.1 Å². The molecule has 2 N–H and O–H groups in total. The Kier molecular flexibility index (Phi) is 9.61. The second kappa shape index (κ2) is 8.92. The second-order valence-electron chi connectivity index (χ2n) is 6.71. The monoisotopic (exact) mass is 388 g/mol. The van der Waals surface area contributed by atoms with Crippen molar-refractivity contribution in [2.24, 2.45) is 0 Å². The summed E-state index contributed by atoms with van der Waals surface area (Å²) >= 11 is 0. The summed E-state index contributed by atoms with van der Waals surface area (Å²) < 4.78 is 0. The van der Waals surface area contributed by atoms with Crippen LogP contribution in [0.3, 0.4) is 0 Å². The molecule has 1 aromatic rings. The molecule has 0 aromatic heterocycles. The molecule has 0 aliphatic heterocycles. The SMILES string of the molecule is CC(C)(C)c1cc(C(C)(C)C)c([N+](=O)[O-])cc1OO.CO.[Y]. The van der Waals surface area contributed by atoms with E-state index < -0.39 is 4.92 Å². The first-order chi connectivity index (χ1) is 9.48. The molecule has 0 amide bonds. The van der Waals surface area contributed by atoms with Crippen LogP contribution >= 0.6 is 0 Å². The van der Waals surface area contributed by atoms with Crippen LogP contribution in [0.25, 0.3) is 0 Å². The Balaban J connectivity index is 0. The molecule has 6 nitrogen and oxygen atoms in total. The van der Waals surface area contributed by atoms with E-state index in [1.165, 1.54) is 6.07 Å². The van der Waals surface area contributed by atoms with Gasteiger partial charge in [0, 0.05) is 50.9 Å². The summed E-state index contributed by atoms with van der Waals surface area (Å²) in [6, 6.07) is 3.05. The Hall–Kier alpha value is -0.556. The summed E-state index contributed by atoms with van der Waals surface area (Å²) in [7, 11) is 1.00. The first-order valence-electron chi connectivity index (χ1n) is 6.58. The molecular weight excluding hydrogens is 363 g/mol. The third kappa shape index (κ3) is 5.91. The number of aliphatic hydroxyl groups excluding tert-OH is 1. The fourth-order valence-corrected chi connectivity index (χ4v) is 1.98. The van der Waals surface area contributed by atoms with Gasteiger partial charge < -0.3 is 9.99 Å². The summed E-state index contributed by atoms with van der Waals surface area (Å²) in [5, 5.41) is 27.1. The third-order valence-corrected chi connectivity index (χ3v) is 3.01. The van der Waals surface area contributed by atoms with E-state index in [4.69, 9.17) is 10.4 Å². The van der Waals surface area contributed by atoms with Crippen molar-refractivity contribution in [1.82, 2.24) is 0 Å². The van der Waals surface area contributed by atoms with Gasteiger partial charge in [0.2, 0.25) is 0 Å². The summed E-state index contributed by atoms with van der Waals surface area (Å²) in [4.78, 5) is 15.0. The van der Waals surface area contributed by atoms with Gasteiger partial charge in [-0.2, -0.15) is 0 Å². The maximum absolute atomic E-state index is 11.2. The van der Waals surface area contributed by atoms with E-state index in [0.717, 1.165) is 12.7 Å². The van der Waals surface area contributed by atoms with Crippen molar-refractivity contribution in [2.45, 2.75) is 52.4 Å². The van der Waals surface area contributed by atoms with Crippen LogP contribution in [0.4, 0.5) is 5.69 Å². The number of benzene rings is 1. The maximum atomic E-state index is 11.2. The van der Waals surface area contributed by atoms with Crippen LogP contribution in [0, 0.1) is 10.1 Å². The molecule has 0 fully saturated rings. The number of nitro benzene ring substituents is 1. The molecule has 0 heterocycles. The molecule has 0 spiro atoms. The molecule has 1 aromatic carbocycles. The van der Waals surface area contributed by atoms with Gasteiger partial charge in [-0.15, -0.1) is 0 Å². The normalized spacial score (nSPS) is 11.0. The van der Waals surface area contributed by atoms with Crippen LogP contribution < -0.4 is 4.89 Å². The number of rotatable bonds is 2. The number of nitrogens with zero attached hydrogens (tertiary/aromatic N) is 1. The zero-order valence-electron chi connectivity index (χ0n) is 14.3. The molecule has 123 valence electrons. The Morgan fingerprint density at radius 1 is 1.00 bits per heavy atom. The van der Waals surface area contributed by atoms with Gasteiger partial charge >= 0.3 is 0 Å². The molecule has 0 unspecified atom stereocenters. The van der Waals surface area contributed by atoms with Gasteiger partial charge in [-0.3, -0.25) is 10.1 Å². The third-order valence-electron chi connectivity index (χ3n) is 3.01. The van der Waals surface area contributed by atoms with Crippen molar-refractivity contribution in [3.05, 3.63) is 33.4 Å². The summed E-state index contributed by atoms with van der Waals surface area (Å²) in [5.74, 6) is 0.132. The van der Waals surface area contributed by atoms with Gasteiger partial charge in [-0.05, 0) is 16.9 Å². The van der Waals surface area contributed by atoms with Crippen molar-refractivity contribution in [2.75, 3.05) is 7.11 Å². The van der Waals surface area contributed by atoms with Crippen LogP contribution in [0.5, 0.6) is 5.75 Å². The number of hydrogen-bond acceptors (Lipinski definition) is 5. The zero-order valence-corrected chi connectivity index (χ0v) is 17.1. The Labute approximate surface area is 156 Å². The smallest absolute Gasteiger partial charge is 0.276 e. The Morgan fingerprint density at radius 3 is 1.68 bits per heavy atom. The number of hydrogen-bond donors (Lipinski definition) is 2. The minimum Gasteiger partial charge on any atom is -0.400 e. The molecule has 1 rings (SSSR count). The Bertz CT molecular complexity index is 504. The van der Waals surface area contributed by atoms with E-state index in [2.05, 4.69) is 4.89 Å². The van der Waals surface area contributed by atoms with Crippen molar-refractivity contribution < 1.29 is 52.9 Å². The standard InChI is InChI=1S/C14H21NO4.CH4O.Y/c1-13(2,3)9-7-10(14(4,5)6)12(19-18)8-11(9)15(16)17;1-2;/h7-8,18H,1-6H3;2H,1H3;. The van der Waals surface area contributed by atoms with Crippen LogP contribution in [0.2, 0.25) is 0 Å². The zero-order chi connectivity index (χ0) is 17.0. The van der Waals surface area contributed by atoms with E-state index in [1.54, 1.807) is 6.07 Å². The van der Waals surface area contributed by atoms with Crippen molar-refractivity contribution in [1.29, 1.82) is 0 Å². The molecule has 1 radical (unpaired) electrons. The number of aliphatic hydroxyl groups is 1. The van der Waals surface area contributed by atoms with Gasteiger partial charge in [-0.25, -0.2) is 5.26 Å².